The third-order valence-electron chi connectivity index (χ3n) is 8.44. The first-order valence-electron chi connectivity index (χ1n) is 34.2. The van der Waals surface area contributed by atoms with Gasteiger partial charge in [0.15, 0.2) is 0 Å². The van der Waals surface area contributed by atoms with E-state index in [1.807, 2.05) is 11.8 Å². The fourth-order valence-electron chi connectivity index (χ4n) is 4.19. The summed E-state index contributed by atoms with van der Waals surface area (Å²) < 4.78 is 0. The van der Waals surface area contributed by atoms with Crippen LogP contribution in [-0.4, -0.2) is 0 Å². The van der Waals surface area contributed by atoms with Crippen molar-refractivity contribution in [2.24, 2.45) is 0 Å². The molecule has 0 amide bonds. The highest BCUT2D eigenvalue weighted by molar-refractivity contribution is 5.60. The maximum absolute atomic E-state index is 6.59. The van der Waals surface area contributed by atoms with Crippen LogP contribution in [0.3, 0.4) is 0 Å². The van der Waals surface area contributed by atoms with Gasteiger partial charge in [0.1, 0.15) is 0 Å². The zero-order valence-corrected chi connectivity index (χ0v) is 69.0. The van der Waals surface area contributed by atoms with E-state index in [1.54, 1.807) is 0 Å². The highest BCUT2D eigenvalue weighted by Gasteiger charge is 1.71. The van der Waals surface area contributed by atoms with Crippen molar-refractivity contribution in [3.8, 4) is 805 Å². The Kier molecular flexibility index (Phi) is 83.2. The molecule has 0 unspecified atom stereocenters. The van der Waals surface area contributed by atoms with Gasteiger partial charge in [0.05, 0.1) is 0 Å². The molecule has 0 rings (SSSR count). The van der Waals surface area contributed by atoms with Gasteiger partial charge >= 0.3 is 0 Å². The van der Waals surface area contributed by atoms with Crippen molar-refractivity contribution >= 4 is 0 Å². The average molecular weight is 1660 g/mol. The molecule has 0 aliphatic carbocycles. The molecule has 0 bridgehead atoms. The lowest BCUT2D eigenvalue weighted by molar-refractivity contribution is 2.31. The van der Waals surface area contributed by atoms with E-state index in [4.69, 9.17) is 12.8 Å². The SMILES string of the molecule is [C]#CC#CC#CC#CC#CC#CC#CC#CC#CC#CC#CC#CC#CC#CC#CC#CC#CC#CC#CC#CC#CC#CC#CC#CC#CC#CC#CC#CC#CC#CC#CC#CC#CC#CC#CC#CC#CC#CC#CC#CC#CC#CC#CC#CC#CC#CC#CC#CC#CC#CC#CC#CC#CC#CC#CC#CC#CC#CC#CC#CC#CC#CC#CC#CC#CC#CC#CC#CC#[C]. The smallest absolute Gasteiger partial charge is 0 e. The molecule has 138 heavy (non-hydrogen) atoms. The van der Waals surface area contributed by atoms with E-state index >= 15 is 0 Å². The maximum Gasteiger partial charge on any atom is 0 e. The van der Waals surface area contributed by atoms with Crippen LogP contribution in [0.1, 0.15) is 0 Å². The van der Waals surface area contributed by atoms with Crippen LogP contribution in [0.15, 0.2) is 0 Å². The molecule has 0 aromatic heterocycles. The molecule has 0 N–H and O–H groups in total. The number of hydrogen-bond acceptors (Lipinski definition) is 0. The van der Waals surface area contributed by atoms with Crippen LogP contribution in [0.5, 0.6) is 0 Å². The van der Waals surface area contributed by atoms with Gasteiger partial charge in [-0.1, -0.05) is 0 Å². The second kappa shape index (κ2) is 107. The van der Waals surface area contributed by atoms with Gasteiger partial charge in [-0.15, -0.1) is 0 Å². The molecule has 0 fully saturated rings. The lowest BCUT2D eigenvalue weighted by atomic mass is 10.4. The Labute approximate surface area is 812 Å². The molecule has 0 aromatic rings. The van der Waals surface area contributed by atoms with Gasteiger partial charge < -0.3 is 0 Å². The van der Waals surface area contributed by atoms with E-state index < -0.39 is 0 Å². The third-order valence-corrected chi connectivity index (χ3v) is 8.44. The Morgan fingerprint density at radius 1 is 0.0362 bits per heavy atom. The van der Waals surface area contributed by atoms with E-state index in [0.29, 0.717) is 0 Å². The van der Waals surface area contributed by atoms with E-state index in [2.05, 4.69) is 793 Å². The van der Waals surface area contributed by atoms with Crippen molar-refractivity contribution in [1.29, 1.82) is 0 Å². The molecular formula is C138. The van der Waals surface area contributed by atoms with E-state index in [-0.39, 0.29) is 0 Å². The number of rotatable bonds is 0. The van der Waals surface area contributed by atoms with Gasteiger partial charge in [-0.05, 0) is 0 Å². The van der Waals surface area contributed by atoms with E-state index in [0.717, 1.165) is 0 Å². The lowest BCUT2D eigenvalue weighted by Gasteiger charge is -1.58. The fraction of sp³-hybridized carbons (Fsp3) is 0. The largest absolute Gasteiger partial charge is 0 e. The van der Waals surface area contributed by atoms with Crippen LogP contribution < -0.4 is 0 Å². The summed E-state index contributed by atoms with van der Waals surface area (Å²) in [7, 11) is 0. The van der Waals surface area contributed by atoms with Gasteiger partial charge in [0.25, 0.3) is 0 Å². The molecule has 0 atom stereocenters. The highest BCUT2D eigenvalue weighted by atomic mass is 13.7. The summed E-state index contributed by atoms with van der Waals surface area (Å²) >= 11 is 0. The normalized spacial score (nSPS) is 3.96. The molecule has 0 saturated heterocycles. The topological polar surface area (TPSA) is 0 Å². The van der Waals surface area contributed by atoms with Crippen molar-refractivity contribution in [3.63, 3.8) is 0 Å². The molecule has 0 heterocycles. The van der Waals surface area contributed by atoms with Crippen LogP contribution in [0.25, 0.3) is 0 Å². The molecule has 0 spiro atoms. The zero-order valence-electron chi connectivity index (χ0n) is 69.0. The molecule has 0 aliphatic heterocycles. The van der Waals surface area contributed by atoms with Crippen LogP contribution >= 0.6 is 0 Å². The van der Waals surface area contributed by atoms with Gasteiger partial charge in [-0.2, -0.15) is 0 Å². The minimum atomic E-state index is 1.87. The second-order valence-electron chi connectivity index (χ2n) is 17.0. The summed E-state index contributed by atoms with van der Waals surface area (Å²) in [6, 6.07) is 0. The Hall–Kier alpha value is -30.4. The van der Waals surface area contributed by atoms with Crippen molar-refractivity contribution < 1.29 is 0 Å². The third kappa shape index (κ3) is 106. The molecule has 0 saturated carbocycles. The molecule has 552 valence electrons. The maximum atomic E-state index is 6.59. The van der Waals surface area contributed by atoms with Gasteiger partial charge in [0.2, 0.25) is 0 Å². The summed E-state index contributed by atoms with van der Waals surface area (Å²) in [5, 5.41) is 0. The summed E-state index contributed by atoms with van der Waals surface area (Å²) in [6.07, 6.45) is 13.2. The standard InChI is InChI=1S/C138/c1-3-5-7-9-11-13-15-17-19-21-23-25-27-29-31-33-35-37-39-41-43-45-47-49-51-53-55-57-59-61-63-65-67-69-71-73-75-77-79-81-83-85-87-89-91-93-95-97-99-101-103-105-107-109-111-113-115-117-119-121-123-125-127-129-131-133-135-137-138-136-134-132-130-128-126-124-122-120-118-116-114-112-110-108-106-104-102-100-98-96-94-92-90-88-86-84-82-80-78-76-74-72-70-68-66-64-62-60-58-56-54-52-50-48-46-44-42-40-38-36-34-32-30-28-26-24-22-20-18-16-14-12-10-8-6-4-2. The van der Waals surface area contributed by atoms with Crippen molar-refractivity contribution in [3.05, 3.63) is 12.8 Å². The zero-order chi connectivity index (χ0) is 98.2. The molecule has 2 radical (unpaired) electrons. The Balaban J connectivity index is 4.66. The molecule has 0 nitrogen and oxygen atoms in total. The predicted molar refractivity (Wildman–Crippen MR) is 535 cm³/mol. The summed E-state index contributed by atoms with van der Waals surface area (Å²) in [5.74, 6) is 337. The summed E-state index contributed by atoms with van der Waals surface area (Å²) in [6.45, 7) is 0. The van der Waals surface area contributed by atoms with E-state index in [1.165, 1.54) is 0 Å². The van der Waals surface area contributed by atoms with E-state index in [9.17, 15) is 0 Å². The first kappa shape index (κ1) is 108. The Morgan fingerprint density at radius 3 is 0.0797 bits per heavy atom. The first-order chi connectivity index (χ1) is 68.9. The molecule has 0 heteroatoms. The lowest BCUT2D eigenvalue weighted by Crippen LogP contribution is -1.57. The van der Waals surface area contributed by atoms with Gasteiger partial charge in [-0.25, -0.2) is 0 Å². The van der Waals surface area contributed by atoms with Crippen LogP contribution in [0.2, 0.25) is 0 Å². The van der Waals surface area contributed by atoms with Crippen LogP contribution in [0.4, 0.5) is 0 Å². The van der Waals surface area contributed by atoms with Crippen molar-refractivity contribution in [1.82, 2.24) is 0 Å². The summed E-state index contributed by atoms with van der Waals surface area (Å²) in [4.78, 5) is 0. The minimum Gasteiger partial charge on any atom is 0 e. The van der Waals surface area contributed by atoms with Crippen molar-refractivity contribution in [2.45, 2.75) is 0 Å². The predicted octanol–water partition coefficient (Wildman–Crippen LogP) is 0.394. The van der Waals surface area contributed by atoms with Gasteiger partial charge in [-0.3, -0.25) is 0 Å². The second-order valence-corrected chi connectivity index (χ2v) is 17.0. The Bertz CT molecular complexity index is 9140. The fourth-order valence-corrected chi connectivity index (χ4v) is 4.19. The highest BCUT2D eigenvalue weighted by Crippen LogP contribution is 1.71. The summed E-state index contributed by atoms with van der Waals surface area (Å²) in [5.41, 5.74) is 0. The van der Waals surface area contributed by atoms with Crippen LogP contribution in [0, 0.1) is 818 Å². The molecule has 0 aromatic carbocycles. The number of hydrogen-bond donors (Lipinski definition) is 0. The monoisotopic (exact) mass is 1660 g/mol. The molecular weight excluding hydrogens is 1660 g/mol. The molecule has 0 aliphatic rings. The quantitative estimate of drug-likeness (QED) is 0.309. The Morgan fingerprint density at radius 2 is 0.0580 bits per heavy atom. The van der Waals surface area contributed by atoms with Crippen LogP contribution in [-0.2, 0) is 0 Å². The van der Waals surface area contributed by atoms with Gasteiger partial charge in [0, 0.05) is 818 Å². The van der Waals surface area contributed by atoms with Crippen molar-refractivity contribution in [2.75, 3.05) is 0 Å². The first-order valence-corrected chi connectivity index (χ1v) is 34.2. The average Bonchev–Trinajstić information content (AvgIpc) is 1.10. The minimum absolute atomic E-state index is 1.87.